The van der Waals surface area contributed by atoms with Gasteiger partial charge in [-0.3, -0.25) is 4.98 Å². The molecular weight excluding hydrogens is 286 g/mol. The fraction of sp³-hybridized carbons (Fsp3) is 0.312. The van der Waals surface area contributed by atoms with Crippen LogP contribution in [0.2, 0.25) is 5.02 Å². The lowest BCUT2D eigenvalue weighted by Crippen LogP contribution is -2.36. The molecule has 21 heavy (non-hydrogen) atoms. The molecule has 0 saturated carbocycles. The number of ether oxygens (including phenoxy) is 1. The van der Waals surface area contributed by atoms with E-state index in [-0.39, 0.29) is 0 Å². The normalized spacial score (nSPS) is 15.0. The predicted molar refractivity (Wildman–Crippen MR) is 86.0 cm³/mol. The molecule has 0 bridgehead atoms. The van der Waals surface area contributed by atoms with Crippen LogP contribution in [-0.4, -0.2) is 31.3 Å². The molecule has 1 aromatic carbocycles. The van der Waals surface area contributed by atoms with E-state index in [0.717, 1.165) is 48.4 Å². The quantitative estimate of drug-likeness (QED) is 0.941. The number of aromatic nitrogens is 1. The summed E-state index contributed by atoms with van der Waals surface area (Å²) < 4.78 is 5.37. The number of hydrogen-bond donors (Lipinski definition) is 1. The molecule has 1 aromatic heterocycles. The second-order valence-electron chi connectivity index (χ2n) is 4.94. The molecule has 2 heterocycles. The van der Waals surface area contributed by atoms with Crippen LogP contribution in [0.5, 0.6) is 0 Å². The van der Waals surface area contributed by atoms with Gasteiger partial charge in [0.2, 0.25) is 0 Å². The first kappa shape index (κ1) is 14.2. The molecule has 4 nitrogen and oxygen atoms in total. The second-order valence-corrected chi connectivity index (χ2v) is 5.35. The first-order valence-electron chi connectivity index (χ1n) is 7.09. The number of nitrogens with zero attached hydrogens (tertiary/aromatic N) is 2. The summed E-state index contributed by atoms with van der Waals surface area (Å²) in [5.41, 5.74) is 3.08. The van der Waals surface area contributed by atoms with Crippen LogP contribution in [-0.2, 0) is 11.3 Å². The molecule has 110 valence electrons. The smallest absolute Gasteiger partial charge is 0.0660 e. The second kappa shape index (κ2) is 6.78. The Morgan fingerprint density at radius 2 is 2.05 bits per heavy atom. The first-order valence-corrected chi connectivity index (χ1v) is 7.47. The molecule has 0 radical (unpaired) electrons. The van der Waals surface area contributed by atoms with Crippen LogP contribution in [0.4, 0.5) is 11.4 Å². The van der Waals surface area contributed by atoms with Crippen molar-refractivity contribution in [1.29, 1.82) is 0 Å². The maximum atomic E-state index is 6.41. The zero-order valence-corrected chi connectivity index (χ0v) is 12.5. The van der Waals surface area contributed by atoms with Crippen molar-refractivity contribution in [2.75, 3.05) is 36.5 Å². The fourth-order valence-corrected chi connectivity index (χ4v) is 2.67. The molecule has 0 aliphatic carbocycles. The minimum Gasteiger partial charge on any atom is -0.379 e. The van der Waals surface area contributed by atoms with Crippen LogP contribution < -0.4 is 10.2 Å². The molecule has 0 unspecified atom stereocenters. The Kier molecular flexibility index (Phi) is 4.58. The first-order chi connectivity index (χ1) is 10.3. The number of hydrogen-bond acceptors (Lipinski definition) is 4. The molecule has 0 spiro atoms. The number of nitrogens with one attached hydrogen (secondary N) is 1. The van der Waals surface area contributed by atoms with Gasteiger partial charge in [-0.15, -0.1) is 0 Å². The van der Waals surface area contributed by atoms with Gasteiger partial charge in [0.25, 0.3) is 0 Å². The number of anilines is 2. The Morgan fingerprint density at radius 3 is 2.76 bits per heavy atom. The molecule has 1 aliphatic rings. The summed E-state index contributed by atoms with van der Waals surface area (Å²) in [6.45, 7) is 3.99. The minimum atomic E-state index is 0.689. The summed E-state index contributed by atoms with van der Waals surface area (Å²) in [5.74, 6) is 0. The molecule has 1 aliphatic heterocycles. The SMILES string of the molecule is Clc1cc(NCc2ccccn2)ccc1N1CCOCC1. The van der Waals surface area contributed by atoms with Gasteiger partial charge in [-0.2, -0.15) is 0 Å². The highest BCUT2D eigenvalue weighted by molar-refractivity contribution is 6.33. The highest BCUT2D eigenvalue weighted by atomic mass is 35.5. The van der Waals surface area contributed by atoms with Crippen molar-refractivity contribution in [1.82, 2.24) is 4.98 Å². The van der Waals surface area contributed by atoms with E-state index in [9.17, 15) is 0 Å². The van der Waals surface area contributed by atoms with Crippen molar-refractivity contribution >= 4 is 23.0 Å². The molecular formula is C16H18ClN3O. The third-order valence-corrected chi connectivity index (χ3v) is 3.80. The third kappa shape index (κ3) is 3.65. The van der Waals surface area contributed by atoms with Gasteiger partial charge in [0.05, 0.1) is 36.2 Å². The summed E-state index contributed by atoms with van der Waals surface area (Å²) in [4.78, 5) is 6.55. The van der Waals surface area contributed by atoms with Gasteiger partial charge in [0.15, 0.2) is 0 Å². The van der Waals surface area contributed by atoms with Gasteiger partial charge in [0.1, 0.15) is 0 Å². The Morgan fingerprint density at radius 1 is 1.19 bits per heavy atom. The molecule has 1 fully saturated rings. The Hall–Kier alpha value is -1.78. The van der Waals surface area contributed by atoms with Crippen molar-refractivity contribution in [3.05, 3.63) is 53.3 Å². The van der Waals surface area contributed by atoms with Crippen LogP contribution in [0, 0.1) is 0 Å². The lowest BCUT2D eigenvalue weighted by Gasteiger charge is -2.29. The Bertz CT molecular complexity index is 585. The topological polar surface area (TPSA) is 37.4 Å². The lowest BCUT2D eigenvalue weighted by molar-refractivity contribution is 0.122. The van der Waals surface area contributed by atoms with E-state index in [0.29, 0.717) is 6.54 Å². The van der Waals surface area contributed by atoms with Crippen LogP contribution in [0.25, 0.3) is 0 Å². The van der Waals surface area contributed by atoms with E-state index in [1.54, 1.807) is 6.20 Å². The molecule has 0 amide bonds. The average molecular weight is 304 g/mol. The Balaban J connectivity index is 1.66. The third-order valence-electron chi connectivity index (χ3n) is 3.50. The fourth-order valence-electron chi connectivity index (χ4n) is 2.37. The highest BCUT2D eigenvalue weighted by Gasteiger charge is 2.14. The highest BCUT2D eigenvalue weighted by Crippen LogP contribution is 2.29. The minimum absolute atomic E-state index is 0.689. The van der Waals surface area contributed by atoms with E-state index in [1.807, 2.05) is 24.3 Å². The van der Waals surface area contributed by atoms with Gasteiger partial charge in [-0.25, -0.2) is 0 Å². The molecule has 0 atom stereocenters. The van der Waals surface area contributed by atoms with E-state index >= 15 is 0 Å². The zero-order chi connectivity index (χ0) is 14.5. The molecule has 1 N–H and O–H groups in total. The van der Waals surface area contributed by atoms with Crippen LogP contribution in [0.3, 0.4) is 0 Å². The number of rotatable bonds is 4. The van der Waals surface area contributed by atoms with Crippen molar-refractivity contribution in [2.45, 2.75) is 6.54 Å². The number of benzene rings is 1. The monoisotopic (exact) mass is 303 g/mol. The molecule has 5 heteroatoms. The van der Waals surface area contributed by atoms with Gasteiger partial charge in [-0.1, -0.05) is 17.7 Å². The van der Waals surface area contributed by atoms with Crippen LogP contribution in [0.15, 0.2) is 42.6 Å². The lowest BCUT2D eigenvalue weighted by atomic mass is 10.2. The van der Waals surface area contributed by atoms with E-state index < -0.39 is 0 Å². The van der Waals surface area contributed by atoms with Crippen LogP contribution in [0.1, 0.15) is 5.69 Å². The van der Waals surface area contributed by atoms with Crippen molar-refractivity contribution < 1.29 is 4.74 Å². The maximum Gasteiger partial charge on any atom is 0.0660 e. The number of pyridine rings is 1. The number of halogens is 1. The van der Waals surface area contributed by atoms with Crippen LogP contribution >= 0.6 is 11.6 Å². The summed E-state index contributed by atoms with van der Waals surface area (Å²) in [5, 5.41) is 4.11. The summed E-state index contributed by atoms with van der Waals surface area (Å²) in [6, 6.07) is 12.0. The van der Waals surface area contributed by atoms with Gasteiger partial charge < -0.3 is 15.0 Å². The number of morpholine rings is 1. The summed E-state index contributed by atoms with van der Waals surface area (Å²) >= 11 is 6.41. The molecule has 2 aromatic rings. The van der Waals surface area contributed by atoms with Crippen molar-refractivity contribution in [2.24, 2.45) is 0 Å². The molecule has 1 saturated heterocycles. The zero-order valence-electron chi connectivity index (χ0n) is 11.8. The predicted octanol–water partition coefficient (Wildman–Crippen LogP) is 3.18. The van der Waals surface area contributed by atoms with Crippen molar-refractivity contribution in [3.63, 3.8) is 0 Å². The standard InChI is InChI=1S/C16H18ClN3O/c17-15-11-13(19-12-14-3-1-2-6-18-14)4-5-16(15)20-7-9-21-10-8-20/h1-6,11,19H,7-10,12H2. The molecule has 3 rings (SSSR count). The van der Waals surface area contributed by atoms with E-state index in [1.165, 1.54) is 0 Å². The van der Waals surface area contributed by atoms with E-state index in [4.69, 9.17) is 16.3 Å². The van der Waals surface area contributed by atoms with Crippen molar-refractivity contribution in [3.8, 4) is 0 Å². The Labute approximate surface area is 129 Å². The average Bonchev–Trinajstić information content (AvgIpc) is 2.55. The summed E-state index contributed by atoms with van der Waals surface area (Å²) in [6.07, 6.45) is 1.80. The van der Waals surface area contributed by atoms with Gasteiger partial charge in [0, 0.05) is 25.0 Å². The maximum absolute atomic E-state index is 6.41. The largest absolute Gasteiger partial charge is 0.379 e. The van der Waals surface area contributed by atoms with Gasteiger partial charge >= 0.3 is 0 Å². The summed E-state index contributed by atoms with van der Waals surface area (Å²) in [7, 11) is 0. The van der Waals surface area contributed by atoms with Gasteiger partial charge in [-0.05, 0) is 30.3 Å². The van der Waals surface area contributed by atoms with E-state index in [2.05, 4.69) is 27.3 Å².